The van der Waals surface area contributed by atoms with E-state index in [9.17, 15) is 4.79 Å². The number of hydrogen-bond acceptors (Lipinski definition) is 4. The zero-order chi connectivity index (χ0) is 20.6. The van der Waals surface area contributed by atoms with E-state index in [2.05, 4.69) is 29.6 Å². The van der Waals surface area contributed by atoms with Crippen LogP contribution in [-0.4, -0.2) is 10.9 Å². The number of thiazole rings is 1. The number of benzene rings is 1. The van der Waals surface area contributed by atoms with Crippen molar-refractivity contribution < 1.29 is 4.79 Å². The Hall–Kier alpha value is -1.72. The molecule has 0 spiro atoms. The van der Waals surface area contributed by atoms with Crippen LogP contribution in [-0.2, 0) is 17.6 Å². The minimum Gasteiger partial charge on any atom is -0.317 e. The molecule has 3 aromatic rings. The van der Waals surface area contributed by atoms with Crippen LogP contribution in [0.4, 0.5) is 5.00 Å². The molecule has 5 aliphatic rings. The molecule has 1 aromatic carbocycles. The van der Waals surface area contributed by atoms with Crippen LogP contribution in [0.15, 0.2) is 24.3 Å². The third kappa shape index (κ3) is 2.96. The zero-order valence-electron chi connectivity index (χ0n) is 17.8. The minimum absolute atomic E-state index is 0.107. The maximum atomic E-state index is 13.8. The number of anilines is 1. The molecule has 5 aliphatic carbocycles. The molecule has 0 atom stereocenters. The third-order valence-electron chi connectivity index (χ3n) is 8.43. The molecule has 2 heterocycles. The predicted molar refractivity (Wildman–Crippen MR) is 129 cm³/mol. The molecule has 1 N–H and O–H groups in total. The van der Waals surface area contributed by atoms with E-state index in [-0.39, 0.29) is 5.41 Å². The molecule has 160 valence electrons. The van der Waals surface area contributed by atoms with Crippen LogP contribution >= 0.6 is 22.7 Å². The van der Waals surface area contributed by atoms with Crippen molar-refractivity contribution in [2.24, 2.45) is 23.2 Å². The van der Waals surface area contributed by atoms with Crippen molar-refractivity contribution in [3.63, 3.8) is 0 Å². The molecular formula is C26H28N2OS2. The molecule has 4 fully saturated rings. The number of thiophene rings is 1. The van der Waals surface area contributed by atoms with E-state index in [1.54, 1.807) is 11.3 Å². The SMILES string of the molecule is O=C(Nc1sc2c(c1-c1nc3ccccc3s1)CCCC2)C12CC3CC(CC(C3)C1)C2. The number of aryl methyl sites for hydroxylation is 1. The van der Waals surface area contributed by atoms with E-state index in [0.717, 1.165) is 65.4 Å². The topological polar surface area (TPSA) is 42.0 Å². The number of nitrogens with zero attached hydrogens (tertiary/aromatic N) is 1. The fraction of sp³-hybridized carbons (Fsp3) is 0.538. The molecule has 0 radical (unpaired) electrons. The lowest BCUT2D eigenvalue weighted by Crippen LogP contribution is -2.51. The molecule has 0 unspecified atom stereocenters. The average Bonchev–Trinajstić information content (AvgIpc) is 3.33. The quantitative estimate of drug-likeness (QED) is 0.466. The van der Waals surface area contributed by atoms with Crippen molar-refractivity contribution in [3.8, 4) is 10.6 Å². The van der Waals surface area contributed by atoms with Gasteiger partial charge in [0.25, 0.3) is 0 Å². The Labute approximate surface area is 191 Å². The summed E-state index contributed by atoms with van der Waals surface area (Å²) in [7, 11) is 0. The molecule has 1 amide bonds. The van der Waals surface area contributed by atoms with Crippen molar-refractivity contribution in [3.05, 3.63) is 34.7 Å². The monoisotopic (exact) mass is 448 g/mol. The number of hydrogen-bond donors (Lipinski definition) is 1. The van der Waals surface area contributed by atoms with E-state index in [4.69, 9.17) is 4.98 Å². The number of rotatable bonds is 3. The summed E-state index contributed by atoms with van der Waals surface area (Å²) in [5.41, 5.74) is 3.65. The Morgan fingerprint density at radius 3 is 2.42 bits per heavy atom. The number of amides is 1. The summed E-state index contributed by atoms with van der Waals surface area (Å²) in [6.07, 6.45) is 12.2. The summed E-state index contributed by atoms with van der Waals surface area (Å²) >= 11 is 3.61. The van der Waals surface area contributed by atoms with Gasteiger partial charge in [-0.1, -0.05) is 12.1 Å². The highest BCUT2D eigenvalue weighted by atomic mass is 32.1. The highest BCUT2D eigenvalue weighted by Gasteiger charge is 2.54. The van der Waals surface area contributed by atoms with Crippen molar-refractivity contribution in [1.29, 1.82) is 0 Å². The molecule has 0 saturated heterocycles. The predicted octanol–water partition coefficient (Wildman–Crippen LogP) is 7.06. The summed E-state index contributed by atoms with van der Waals surface area (Å²) in [5.74, 6) is 2.68. The Morgan fingerprint density at radius 2 is 1.68 bits per heavy atom. The van der Waals surface area contributed by atoms with Gasteiger partial charge in [-0.2, -0.15) is 0 Å². The lowest BCUT2D eigenvalue weighted by Gasteiger charge is -2.55. The van der Waals surface area contributed by atoms with E-state index in [1.807, 2.05) is 11.3 Å². The molecule has 4 saturated carbocycles. The number of carbonyl (C=O) groups excluding carboxylic acids is 1. The van der Waals surface area contributed by atoms with Gasteiger partial charge in [0.15, 0.2) is 0 Å². The fourth-order valence-electron chi connectivity index (χ4n) is 7.48. The molecule has 4 bridgehead atoms. The zero-order valence-corrected chi connectivity index (χ0v) is 19.4. The first-order valence-electron chi connectivity index (χ1n) is 12.0. The largest absolute Gasteiger partial charge is 0.317 e. The Morgan fingerprint density at radius 1 is 0.968 bits per heavy atom. The van der Waals surface area contributed by atoms with Gasteiger partial charge < -0.3 is 5.32 Å². The van der Waals surface area contributed by atoms with Gasteiger partial charge in [-0.25, -0.2) is 4.98 Å². The van der Waals surface area contributed by atoms with Gasteiger partial charge in [-0.05, 0) is 99.7 Å². The van der Waals surface area contributed by atoms with Gasteiger partial charge >= 0.3 is 0 Å². The average molecular weight is 449 g/mol. The highest BCUT2D eigenvalue weighted by molar-refractivity contribution is 7.22. The van der Waals surface area contributed by atoms with Crippen molar-refractivity contribution in [1.82, 2.24) is 4.98 Å². The van der Waals surface area contributed by atoms with Crippen LogP contribution in [0.2, 0.25) is 0 Å². The summed E-state index contributed by atoms with van der Waals surface area (Å²) in [5, 5.41) is 5.67. The first kappa shape index (κ1) is 18.8. The van der Waals surface area contributed by atoms with Crippen molar-refractivity contribution >= 4 is 43.8 Å². The lowest BCUT2D eigenvalue weighted by molar-refractivity contribution is -0.140. The summed E-state index contributed by atoms with van der Waals surface area (Å²) < 4.78 is 1.23. The number of nitrogens with one attached hydrogen (secondary N) is 1. The van der Waals surface area contributed by atoms with Crippen LogP contribution in [0, 0.1) is 23.2 Å². The van der Waals surface area contributed by atoms with Gasteiger partial charge in [0.2, 0.25) is 5.91 Å². The highest BCUT2D eigenvalue weighted by Crippen LogP contribution is 2.60. The van der Waals surface area contributed by atoms with Gasteiger partial charge in [-0.15, -0.1) is 22.7 Å². The molecule has 31 heavy (non-hydrogen) atoms. The summed E-state index contributed by atoms with van der Waals surface area (Å²) in [6.45, 7) is 0. The molecular weight excluding hydrogens is 420 g/mol. The molecule has 8 rings (SSSR count). The smallest absolute Gasteiger partial charge is 0.231 e. The maximum absolute atomic E-state index is 13.8. The van der Waals surface area contributed by atoms with E-state index >= 15 is 0 Å². The Bertz CT molecular complexity index is 1120. The van der Waals surface area contributed by atoms with Crippen LogP contribution < -0.4 is 5.32 Å². The van der Waals surface area contributed by atoms with Gasteiger partial charge in [0.05, 0.1) is 15.6 Å². The maximum Gasteiger partial charge on any atom is 0.231 e. The lowest BCUT2D eigenvalue weighted by atomic mass is 9.49. The number of para-hydroxylation sites is 1. The Balaban J connectivity index is 1.28. The molecule has 3 nitrogen and oxygen atoms in total. The van der Waals surface area contributed by atoms with Crippen molar-refractivity contribution in [2.75, 3.05) is 5.32 Å². The van der Waals surface area contributed by atoms with Crippen LogP contribution in [0.25, 0.3) is 20.8 Å². The first-order valence-corrected chi connectivity index (χ1v) is 13.6. The minimum atomic E-state index is -0.107. The summed E-state index contributed by atoms with van der Waals surface area (Å²) in [6, 6.07) is 8.40. The van der Waals surface area contributed by atoms with Crippen molar-refractivity contribution in [2.45, 2.75) is 64.2 Å². The second-order valence-electron chi connectivity index (χ2n) is 10.6. The molecule has 2 aromatic heterocycles. The second-order valence-corrected chi connectivity index (χ2v) is 12.7. The first-order chi connectivity index (χ1) is 15.2. The molecule has 5 heteroatoms. The standard InChI is InChI=1S/C26H28N2OS2/c29-25(26-12-15-9-16(13-26)11-17(10-15)14-26)28-24-22(18-5-1-3-7-20(18)30-24)23-27-19-6-2-4-8-21(19)31-23/h2,4,6,8,15-17H,1,3,5,7,9-14H2,(H,28,29). The van der Waals surface area contributed by atoms with Crippen LogP contribution in [0.3, 0.4) is 0 Å². The number of fused-ring (bicyclic) bond motifs is 2. The number of carbonyl (C=O) groups is 1. The van der Waals surface area contributed by atoms with Gasteiger partial charge in [-0.3, -0.25) is 4.79 Å². The molecule has 0 aliphatic heterocycles. The normalized spacial score (nSPS) is 31.2. The van der Waals surface area contributed by atoms with Gasteiger partial charge in [0, 0.05) is 10.4 Å². The van der Waals surface area contributed by atoms with Crippen LogP contribution in [0.5, 0.6) is 0 Å². The van der Waals surface area contributed by atoms with Crippen LogP contribution in [0.1, 0.15) is 61.8 Å². The van der Waals surface area contributed by atoms with Gasteiger partial charge in [0.1, 0.15) is 10.0 Å². The number of aromatic nitrogens is 1. The van der Waals surface area contributed by atoms with E-state index < -0.39 is 0 Å². The van der Waals surface area contributed by atoms with E-state index in [0.29, 0.717) is 5.91 Å². The second kappa shape index (κ2) is 6.89. The fourth-order valence-corrected chi connectivity index (χ4v) is 9.88. The third-order valence-corrected chi connectivity index (χ3v) is 10.7. The summed E-state index contributed by atoms with van der Waals surface area (Å²) in [4.78, 5) is 20.3. The van der Waals surface area contributed by atoms with E-state index in [1.165, 1.54) is 52.8 Å². The Kier molecular flexibility index (Phi) is 4.18.